The first kappa shape index (κ1) is 16.3. The van der Waals surface area contributed by atoms with Gasteiger partial charge in [-0.25, -0.2) is 4.57 Å². The van der Waals surface area contributed by atoms with Crippen LogP contribution >= 0.6 is 14.3 Å². The average molecular weight is 274 g/mol. The molecule has 0 aromatic heterocycles. The standard InChI is InChI=1S/C6H14N2.CH6O5P2/c1-7-6-2-4-8-5-3-6;1-7(2,3)8(4,5)6/h6-8H,2-5H2,1H3;1H3,(H,2,3)(H2,4,5,6). The van der Waals surface area contributed by atoms with Gasteiger partial charge in [-0.1, -0.05) is 0 Å². The van der Waals surface area contributed by atoms with E-state index in [0.29, 0.717) is 6.66 Å². The Hall–Kier alpha value is 0.260. The van der Waals surface area contributed by atoms with Crippen LogP contribution in [0, 0.1) is 0 Å². The van der Waals surface area contributed by atoms with E-state index in [1.165, 1.54) is 25.9 Å². The fraction of sp³-hybridized carbons (Fsp3) is 1.00. The van der Waals surface area contributed by atoms with E-state index in [9.17, 15) is 9.13 Å². The summed E-state index contributed by atoms with van der Waals surface area (Å²) in [5, 5.41) is 6.57. The summed E-state index contributed by atoms with van der Waals surface area (Å²) in [6.45, 7) is 2.99. The van der Waals surface area contributed by atoms with E-state index < -0.39 is 14.3 Å². The van der Waals surface area contributed by atoms with Gasteiger partial charge in [-0.3, -0.25) is 4.57 Å². The number of piperidine rings is 1. The molecule has 7 nitrogen and oxygen atoms in total. The van der Waals surface area contributed by atoms with Crippen molar-refractivity contribution in [2.45, 2.75) is 18.9 Å². The summed E-state index contributed by atoms with van der Waals surface area (Å²) in [7, 11) is -6.88. The average Bonchev–Trinajstić information content (AvgIpc) is 2.17. The van der Waals surface area contributed by atoms with Crippen LogP contribution in [-0.4, -0.2) is 47.5 Å². The highest BCUT2D eigenvalue weighted by Gasteiger charge is 2.33. The molecule has 0 aromatic carbocycles. The van der Waals surface area contributed by atoms with Crippen LogP contribution in [-0.2, 0) is 9.13 Å². The molecule has 1 aliphatic rings. The fourth-order valence-corrected chi connectivity index (χ4v) is 1.11. The predicted molar refractivity (Wildman–Crippen MR) is 62.7 cm³/mol. The van der Waals surface area contributed by atoms with Gasteiger partial charge in [-0.15, -0.1) is 0 Å². The maximum Gasteiger partial charge on any atom is 0.407 e. The van der Waals surface area contributed by atoms with E-state index in [0.717, 1.165) is 6.04 Å². The molecular formula is C7H20N2O5P2. The molecular weight excluding hydrogens is 254 g/mol. The Balaban J connectivity index is 0.000000281. The van der Waals surface area contributed by atoms with Gasteiger partial charge in [0.05, 0.1) is 0 Å². The molecule has 0 aliphatic carbocycles. The fourth-order valence-electron chi connectivity index (χ4n) is 1.11. The molecule has 0 saturated carbocycles. The molecule has 9 heteroatoms. The zero-order valence-electron chi connectivity index (χ0n) is 9.46. The summed E-state index contributed by atoms with van der Waals surface area (Å²) >= 11 is 0. The van der Waals surface area contributed by atoms with Crippen molar-refractivity contribution < 1.29 is 23.8 Å². The Morgan fingerprint density at radius 1 is 1.19 bits per heavy atom. The lowest BCUT2D eigenvalue weighted by Crippen LogP contribution is -2.37. The third-order valence-electron chi connectivity index (χ3n) is 2.23. The summed E-state index contributed by atoms with van der Waals surface area (Å²) in [6, 6.07) is 0.774. The van der Waals surface area contributed by atoms with E-state index >= 15 is 0 Å². The van der Waals surface area contributed by atoms with Gasteiger partial charge in [0.1, 0.15) is 0 Å². The van der Waals surface area contributed by atoms with Crippen molar-refractivity contribution in [1.82, 2.24) is 10.6 Å². The molecule has 5 N–H and O–H groups in total. The first-order valence-electron chi connectivity index (χ1n) is 4.92. The monoisotopic (exact) mass is 274 g/mol. The third kappa shape index (κ3) is 6.76. The molecule has 0 spiro atoms. The molecule has 1 rings (SSSR count). The van der Waals surface area contributed by atoms with Crippen LogP contribution in [0.3, 0.4) is 0 Å². The molecule has 98 valence electrons. The SMILES string of the molecule is CNC1CCNCC1.CP(=O)(O)P(=O)(O)O. The van der Waals surface area contributed by atoms with Crippen molar-refractivity contribution in [3.63, 3.8) is 0 Å². The molecule has 0 aromatic rings. The predicted octanol–water partition coefficient (Wildman–Crippen LogP) is -0.0629. The number of hydrogen-bond acceptors (Lipinski definition) is 4. The summed E-state index contributed by atoms with van der Waals surface area (Å²) in [4.78, 5) is 24.1. The lowest BCUT2D eigenvalue weighted by atomic mass is 10.1. The van der Waals surface area contributed by atoms with Gasteiger partial charge in [-0.05, 0) is 33.0 Å². The highest BCUT2D eigenvalue weighted by molar-refractivity contribution is 8.28. The first-order valence-corrected chi connectivity index (χ1v) is 9.35. The van der Waals surface area contributed by atoms with E-state index in [2.05, 4.69) is 10.6 Å². The molecule has 1 aliphatic heterocycles. The summed E-state index contributed by atoms with van der Waals surface area (Å²) < 4.78 is 19.9. The lowest BCUT2D eigenvalue weighted by molar-refractivity contribution is 0.378. The largest absolute Gasteiger partial charge is 0.407 e. The highest BCUT2D eigenvalue weighted by Crippen LogP contribution is 2.71. The van der Waals surface area contributed by atoms with Gasteiger partial charge in [0.25, 0.3) is 0 Å². The Morgan fingerprint density at radius 3 is 1.75 bits per heavy atom. The van der Waals surface area contributed by atoms with Gasteiger partial charge >= 0.3 is 14.3 Å². The smallest absolute Gasteiger partial charge is 0.336 e. The van der Waals surface area contributed by atoms with Crippen molar-refractivity contribution >= 4 is 14.3 Å². The second-order valence-electron chi connectivity index (χ2n) is 3.66. The topological polar surface area (TPSA) is 119 Å². The Bertz CT molecular complexity index is 261. The molecule has 1 heterocycles. The summed E-state index contributed by atoms with van der Waals surface area (Å²) in [5.74, 6) is 0. The van der Waals surface area contributed by atoms with Crippen LogP contribution in [0.5, 0.6) is 0 Å². The maximum atomic E-state index is 10.0. The second kappa shape index (κ2) is 6.87. The minimum atomic E-state index is -4.74. The molecule has 1 fully saturated rings. The number of hydrogen-bond donors (Lipinski definition) is 5. The van der Waals surface area contributed by atoms with Crippen molar-refractivity contribution in [2.24, 2.45) is 0 Å². The van der Waals surface area contributed by atoms with E-state index in [-0.39, 0.29) is 0 Å². The van der Waals surface area contributed by atoms with Crippen molar-refractivity contribution in [3.05, 3.63) is 0 Å². The molecule has 16 heavy (non-hydrogen) atoms. The molecule has 1 unspecified atom stereocenters. The molecule has 0 radical (unpaired) electrons. The van der Waals surface area contributed by atoms with Crippen LogP contribution in [0.25, 0.3) is 0 Å². The lowest BCUT2D eigenvalue weighted by Gasteiger charge is -2.21. The van der Waals surface area contributed by atoms with Gasteiger partial charge < -0.3 is 25.3 Å². The van der Waals surface area contributed by atoms with E-state index in [1.807, 2.05) is 7.05 Å². The third-order valence-corrected chi connectivity index (χ3v) is 6.10. The van der Waals surface area contributed by atoms with Crippen LogP contribution in [0.15, 0.2) is 0 Å². The Labute approximate surface area is 95.1 Å². The minimum absolute atomic E-state index is 0.619. The normalized spacial score (nSPS) is 21.8. The number of rotatable bonds is 2. The Morgan fingerprint density at radius 2 is 1.56 bits per heavy atom. The number of nitrogens with one attached hydrogen (secondary N) is 2. The van der Waals surface area contributed by atoms with E-state index in [4.69, 9.17) is 14.7 Å². The van der Waals surface area contributed by atoms with Crippen molar-refractivity contribution in [1.29, 1.82) is 0 Å². The van der Waals surface area contributed by atoms with Crippen LogP contribution in [0.4, 0.5) is 0 Å². The van der Waals surface area contributed by atoms with Crippen molar-refractivity contribution in [2.75, 3.05) is 26.8 Å². The van der Waals surface area contributed by atoms with Crippen LogP contribution < -0.4 is 10.6 Å². The summed E-state index contributed by atoms with van der Waals surface area (Å²) in [5.41, 5.74) is 0. The van der Waals surface area contributed by atoms with Crippen molar-refractivity contribution in [3.8, 4) is 0 Å². The van der Waals surface area contributed by atoms with E-state index in [1.54, 1.807) is 0 Å². The second-order valence-corrected chi connectivity index (χ2v) is 10.1. The molecule has 1 saturated heterocycles. The molecule has 0 bridgehead atoms. The first-order chi connectivity index (χ1) is 7.18. The molecule has 1 atom stereocenters. The Kier molecular flexibility index (Phi) is 6.98. The minimum Gasteiger partial charge on any atom is -0.336 e. The zero-order valence-corrected chi connectivity index (χ0v) is 11.2. The zero-order chi connectivity index (χ0) is 12.8. The quantitative estimate of drug-likeness (QED) is 0.447. The van der Waals surface area contributed by atoms with Crippen LogP contribution in [0.2, 0.25) is 0 Å². The van der Waals surface area contributed by atoms with Crippen LogP contribution in [0.1, 0.15) is 12.8 Å². The van der Waals surface area contributed by atoms with Gasteiger partial charge in [-0.2, -0.15) is 0 Å². The van der Waals surface area contributed by atoms with Gasteiger partial charge in [0, 0.05) is 12.7 Å². The maximum absolute atomic E-state index is 10.0. The summed E-state index contributed by atoms with van der Waals surface area (Å²) in [6.07, 6.45) is 2.58. The van der Waals surface area contributed by atoms with Gasteiger partial charge in [0.2, 0.25) is 0 Å². The van der Waals surface area contributed by atoms with Gasteiger partial charge in [0.15, 0.2) is 0 Å². The highest BCUT2D eigenvalue weighted by atomic mass is 32.1. The molecule has 0 amide bonds.